The van der Waals surface area contributed by atoms with Crippen LogP contribution in [0, 0.1) is 0 Å². The van der Waals surface area contributed by atoms with Crippen molar-refractivity contribution >= 4 is 17.4 Å². The number of carbonyl (C=O) groups is 1. The van der Waals surface area contributed by atoms with Crippen LogP contribution < -0.4 is 10.6 Å². The molecule has 20 heavy (non-hydrogen) atoms. The molecular weight excluding hydrogens is 274 g/mol. The molecule has 0 aliphatic heterocycles. The van der Waals surface area contributed by atoms with Gasteiger partial charge in [-0.15, -0.1) is 0 Å². The van der Waals surface area contributed by atoms with E-state index < -0.39 is 5.60 Å². The van der Waals surface area contributed by atoms with Crippen LogP contribution in [-0.4, -0.2) is 22.7 Å². The summed E-state index contributed by atoms with van der Waals surface area (Å²) >= 11 is 1.51. The van der Waals surface area contributed by atoms with E-state index in [-0.39, 0.29) is 12.6 Å². The molecule has 3 N–H and O–H groups in total. The second-order valence-electron chi connectivity index (χ2n) is 4.68. The zero-order valence-corrected chi connectivity index (χ0v) is 12.0. The Morgan fingerprint density at radius 2 is 2.30 bits per heavy atom. The second-order valence-corrected chi connectivity index (χ2v) is 5.46. The van der Waals surface area contributed by atoms with Gasteiger partial charge in [-0.2, -0.15) is 11.3 Å². The van der Waals surface area contributed by atoms with E-state index in [2.05, 4.69) is 15.6 Å². The summed E-state index contributed by atoms with van der Waals surface area (Å²) in [6.07, 6.45) is 3.38. The Bertz CT molecular complexity index is 541. The molecule has 0 saturated carbocycles. The third kappa shape index (κ3) is 4.04. The molecule has 0 fully saturated rings. The maximum atomic E-state index is 11.7. The third-order valence-corrected chi connectivity index (χ3v) is 3.60. The van der Waals surface area contributed by atoms with Gasteiger partial charge < -0.3 is 15.7 Å². The highest BCUT2D eigenvalue weighted by molar-refractivity contribution is 7.08. The van der Waals surface area contributed by atoms with Crippen molar-refractivity contribution in [1.29, 1.82) is 0 Å². The van der Waals surface area contributed by atoms with Gasteiger partial charge in [-0.25, -0.2) is 4.79 Å². The van der Waals surface area contributed by atoms with Crippen molar-refractivity contribution in [2.75, 3.05) is 6.54 Å². The average molecular weight is 291 g/mol. The maximum absolute atomic E-state index is 11.7. The number of hydrogen-bond donors (Lipinski definition) is 3. The molecule has 0 bridgehead atoms. The first-order chi connectivity index (χ1) is 9.58. The number of aliphatic hydroxyl groups is 1. The SMILES string of the molecule is CC(O)(CNC(=O)NCc1cccnc1)c1ccsc1. The molecule has 2 rings (SSSR count). The third-order valence-electron chi connectivity index (χ3n) is 2.91. The Hall–Kier alpha value is -1.92. The van der Waals surface area contributed by atoms with Gasteiger partial charge in [0.25, 0.3) is 0 Å². The van der Waals surface area contributed by atoms with Crippen LogP contribution >= 0.6 is 11.3 Å². The first-order valence-electron chi connectivity index (χ1n) is 6.23. The van der Waals surface area contributed by atoms with Gasteiger partial charge in [-0.1, -0.05) is 6.07 Å². The van der Waals surface area contributed by atoms with Crippen LogP contribution in [0.5, 0.6) is 0 Å². The topological polar surface area (TPSA) is 74.2 Å². The first-order valence-corrected chi connectivity index (χ1v) is 7.18. The fraction of sp³-hybridized carbons (Fsp3) is 0.286. The van der Waals surface area contributed by atoms with E-state index in [1.54, 1.807) is 19.3 Å². The van der Waals surface area contributed by atoms with Crippen LogP contribution in [0.2, 0.25) is 0 Å². The van der Waals surface area contributed by atoms with Crippen molar-refractivity contribution in [3.05, 3.63) is 52.5 Å². The van der Waals surface area contributed by atoms with Gasteiger partial charge in [0.1, 0.15) is 5.60 Å². The Balaban J connectivity index is 1.78. The van der Waals surface area contributed by atoms with E-state index in [4.69, 9.17) is 0 Å². The van der Waals surface area contributed by atoms with Crippen LogP contribution in [0.15, 0.2) is 41.4 Å². The van der Waals surface area contributed by atoms with Gasteiger partial charge in [0.15, 0.2) is 0 Å². The normalized spacial score (nSPS) is 13.5. The van der Waals surface area contributed by atoms with Gasteiger partial charge in [0.2, 0.25) is 0 Å². The number of aromatic nitrogens is 1. The molecule has 0 spiro atoms. The molecule has 2 aromatic rings. The molecule has 106 valence electrons. The molecule has 2 heterocycles. The number of thiophene rings is 1. The zero-order chi connectivity index (χ0) is 14.4. The Labute approximate surface area is 121 Å². The van der Waals surface area contributed by atoms with E-state index in [1.807, 2.05) is 29.0 Å². The molecule has 5 nitrogen and oxygen atoms in total. The predicted molar refractivity (Wildman–Crippen MR) is 78.4 cm³/mol. The van der Waals surface area contributed by atoms with Gasteiger partial charge in [-0.3, -0.25) is 4.98 Å². The molecule has 2 aromatic heterocycles. The lowest BCUT2D eigenvalue weighted by atomic mass is 9.99. The van der Waals surface area contributed by atoms with E-state index in [1.165, 1.54) is 11.3 Å². The van der Waals surface area contributed by atoms with Gasteiger partial charge in [0.05, 0.1) is 6.54 Å². The van der Waals surface area contributed by atoms with Gasteiger partial charge in [-0.05, 0) is 40.9 Å². The monoisotopic (exact) mass is 291 g/mol. The number of nitrogens with one attached hydrogen (secondary N) is 2. The Morgan fingerprint density at radius 3 is 2.95 bits per heavy atom. The summed E-state index contributed by atoms with van der Waals surface area (Å²) in [7, 11) is 0. The van der Waals surface area contributed by atoms with Crippen LogP contribution in [0.1, 0.15) is 18.1 Å². The standard InChI is InChI=1S/C14H17N3O2S/c1-14(19,12-4-6-20-9-12)10-17-13(18)16-8-11-3-2-5-15-7-11/h2-7,9,19H,8,10H2,1H3,(H2,16,17,18). The molecular formula is C14H17N3O2S. The molecule has 2 amide bonds. The molecule has 1 atom stereocenters. The molecule has 0 saturated heterocycles. The predicted octanol–water partition coefficient (Wildman–Crippen LogP) is 1.85. The first kappa shape index (κ1) is 14.5. The van der Waals surface area contributed by atoms with E-state index in [0.29, 0.717) is 6.54 Å². The lowest BCUT2D eigenvalue weighted by Gasteiger charge is -2.22. The Morgan fingerprint density at radius 1 is 1.45 bits per heavy atom. The molecule has 6 heteroatoms. The summed E-state index contributed by atoms with van der Waals surface area (Å²) in [5.74, 6) is 0. The van der Waals surface area contributed by atoms with Crippen molar-refractivity contribution in [3.63, 3.8) is 0 Å². The van der Waals surface area contributed by atoms with Gasteiger partial charge in [0, 0.05) is 18.9 Å². The smallest absolute Gasteiger partial charge is 0.315 e. The fourth-order valence-electron chi connectivity index (χ4n) is 1.67. The average Bonchev–Trinajstić information content (AvgIpc) is 2.99. The van der Waals surface area contributed by atoms with Crippen LogP contribution in [-0.2, 0) is 12.1 Å². The number of amides is 2. The second kappa shape index (κ2) is 6.49. The van der Waals surface area contributed by atoms with E-state index >= 15 is 0 Å². The van der Waals surface area contributed by atoms with Crippen molar-refractivity contribution in [1.82, 2.24) is 15.6 Å². The highest BCUT2D eigenvalue weighted by Crippen LogP contribution is 2.21. The molecule has 1 unspecified atom stereocenters. The van der Waals surface area contributed by atoms with Crippen molar-refractivity contribution in [3.8, 4) is 0 Å². The number of pyridine rings is 1. The highest BCUT2D eigenvalue weighted by atomic mass is 32.1. The van der Waals surface area contributed by atoms with Crippen LogP contribution in [0.3, 0.4) is 0 Å². The number of carbonyl (C=O) groups excluding carboxylic acids is 1. The molecule has 0 aliphatic carbocycles. The van der Waals surface area contributed by atoms with Crippen molar-refractivity contribution in [2.45, 2.75) is 19.1 Å². The molecule has 0 radical (unpaired) electrons. The lowest BCUT2D eigenvalue weighted by molar-refractivity contribution is 0.0598. The zero-order valence-electron chi connectivity index (χ0n) is 11.2. The summed E-state index contributed by atoms with van der Waals surface area (Å²) in [6, 6.07) is 5.23. The minimum atomic E-state index is -1.06. The molecule has 0 aliphatic rings. The fourth-order valence-corrected chi connectivity index (χ4v) is 2.46. The summed E-state index contributed by atoms with van der Waals surface area (Å²) in [6.45, 7) is 2.24. The largest absolute Gasteiger partial charge is 0.384 e. The van der Waals surface area contributed by atoms with Crippen LogP contribution in [0.25, 0.3) is 0 Å². The number of nitrogens with zero attached hydrogens (tertiary/aromatic N) is 1. The van der Waals surface area contributed by atoms with E-state index in [0.717, 1.165) is 11.1 Å². The quantitative estimate of drug-likeness (QED) is 0.787. The summed E-state index contributed by atoms with van der Waals surface area (Å²) in [5.41, 5.74) is 0.661. The number of rotatable bonds is 5. The van der Waals surface area contributed by atoms with Gasteiger partial charge >= 0.3 is 6.03 Å². The highest BCUT2D eigenvalue weighted by Gasteiger charge is 2.23. The number of urea groups is 1. The minimum Gasteiger partial charge on any atom is -0.384 e. The van der Waals surface area contributed by atoms with E-state index in [9.17, 15) is 9.90 Å². The lowest BCUT2D eigenvalue weighted by Crippen LogP contribution is -2.43. The molecule has 0 aromatic carbocycles. The van der Waals surface area contributed by atoms with Crippen molar-refractivity contribution < 1.29 is 9.90 Å². The summed E-state index contributed by atoms with van der Waals surface area (Å²) < 4.78 is 0. The van der Waals surface area contributed by atoms with Crippen molar-refractivity contribution in [2.24, 2.45) is 0 Å². The minimum absolute atomic E-state index is 0.155. The van der Waals surface area contributed by atoms with Crippen LogP contribution in [0.4, 0.5) is 4.79 Å². The number of hydrogen-bond acceptors (Lipinski definition) is 4. The maximum Gasteiger partial charge on any atom is 0.315 e. The summed E-state index contributed by atoms with van der Waals surface area (Å²) in [4.78, 5) is 15.7. The Kier molecular flexibility index (Phi) is 4.70. The summed E-state index contributed by atoms with van der Waals surface area (Å²) in [5, 5.41) is 19.4.